The van der Waals surface area contributed by atoms with Crippen LogP contribution in [0, 0.1) is 11.8 Å². The molecule has 1 atom stereocenters. The van der Waals surface area contributed by atoms with E-state index in [1.807, 2.05) is 18.2 Å². The molecule has 2 aliphatic heterocycles. The van der Waals surface area contributed by atoms with Crippen molar-refractivity contribution in [2.45, 2.75) is 38.6 Å². The first-order valence-electron chi connectivity index (χ1n) is 10.6. The highest BCUT2D eigenvalue weighted by Gasteiger charge is 2.40. The summed E-state index contributed by atoms with van der Waals surface area (Å²) in [5, 5.41) is 3.24. The van der Waals surface area contributed by atoms with Crippen LogP contribution >= 0.6 is 0 Å². The Morgan fingerprint density at radius 2 is 1.70 bits per heavy atom. The Kier molecular flexibility index (Phi) is 5.65. The molecule has 2 fully saturated rings. The van der Waals surface area contributed by atoms with Crippen LogP contribution in [0.15, 0.2) is 35.9 Å². The minimum Gasteiger partial charge on any atom is -0.355 e. The van der Waals surface area contributed by atoms with Crippen molar-refractivity contribution in [3.63, 3.8) is 0 Å². The fourth-order valence-electron chi connectivity index (χ4n) is 4.90. The van der Waals surface area contributed by atoms with E-state index in [0.29, 0.717) is 5.92 Å². The van der Waals surface area contributed by atoms with Crippen molar-refractivity contribution in [2.75, 3.05) is 39.8 Å². The minimum absolute atomic E-state index is 0.00622. The SMILES string of the molecule is CC1=C(c2ccccc2)[C@H]1C(=O)NCC1CCN(C2CCN(C)CC2)CC1. The Balaban J connectivity index is 1.19. The summed E-state index contributed by atoms with van der Waals surface area (Å²) in [5.41, 5.74) is 3.66. The third kappa shape index (κ3) is 4.27. The molecule has 1 aromatic carbocycles. The summed E-state index contributed by atoms with van der Waals surface area (Å²) < 4.78 is 0. The maximum absolute atomic E-state index is 12.6. The van der Waals surface area contributed by atoms with E-state index in [2.05, 4.69) is 41.2 Å². The lowest BCUT2D eigenvalue weighted by Gasteiger charge is -2.41. The molecule has 4 nitrogen and oxygen atoms in total. The van der Waals surface area contributed by atoms with Crippen LogP contribution < -0.4 is 5.32 Å². The lowest BCUT2D eigenvalue weighted by Crippen LogP contribution is -2.48. The summed E-state index contributed by atoms with van der Waals surface area (Å²) in [7, 11) is 2.23. The summed E-state index contributed by atoms with van der Waals surface area (Å²) in [6.45, 7) is 7.80. The first-order chi connectivity index (χ1) is 13.1. The molecule has 0 aromatic heterocycles. The van der Waals surface area contributed by atoms with Gasteiger partial charge in [-0.3, -0.25) is 4.79 Å². The van der Waals surface area contributed by atoms with E-state index >= 15 is 0 Å². The Labute approximate surface area is 163 Å². The zero-order valence-corrected chi connectivity index (χ0v) is 16.8. The number of nitrogens with zero attached hydrogens (tertiary/aromatic N) is 2. The summed E-state index contributed by atoms with van der Waals surface area (Å²) in [5.74, 6) is 0.839. The molecule has 27 heavy (non-hydrogen) atoms. The number of rotatable bonds is 5. The van der Waals surface area contributed by atoms with E-state index in [1.54, 1.807) is 0 Å². The highest BCUT2D eigenvalue weighted by molar-refractivity contribution is 6.05. The molecular weight excluding hydrogens is 334 g/mol. The van der Waals surface area contributed by atoms with Crippen LogP contribution in [0.3, 0.4) is 0 Å². The second-order valence-electron chi connectivity index (χ2n) is 8.65. The molecule has 1 aromatic rings. The molecular formula is C23H33N3O. The normalized spacial score (nSPS) is 25.6. The average Bonchev–Trinajstić information content (AvgIpc) is 3.39. The van der Waals surface area contributed by atoms with Crippen molar-refractivity contribution in [3.05, 3.63) is 41.5 Å². The number of likely N-dealkylation sites (tertiary alicyclic amines) is 2. The number of hydrogen-bond acceptors (Lipinski definition) is 3. The van der Waals surface area contributed by atoms with Gasteiger partial charge in [0.05, 0.1) is 5.92 Å². The maximum Gasteiger partial charge on any atom is 0.231 e. The Bertz CT molecular complexity index is 683. The zero-order valence-electron chi connectivity index (χ0n) is 16.8. The van der Waals surface area contributed by atoms with Gasteiger partial charge in [-0.15, -0.1) is 0 Å². The fraction of sp³-hybridized carbons (Fsp3) is 0.609. The Morgan fingerprint density at radius 3 is 2.37 bits per heavy atom. The van der Waals surface area contributed by atoms with Gasteiger partial charge >= 0.3 is 0 Å². The molecule has 2 heterocycles. The molecule has 3 aliphatic rings. The van der Waals surface area contributed by atoms with Crippen LogP contribution in [-0.4, -0.2) is 61.5 Å². The molecule has 0 spiro atoms. The van der Waals surface area contributed by atoms with Gasteiger partial charge in [-0.2, -0.15) is 0 Å². The van der Waals surface area contributed by atoms with E-state index < -0.39 is 0 Å². The van der Waals surface area contributed by atoms with Crippen molar-refractivity contribution < 1.29 is 4.79 Å². The smallest absolute Gasteiger partial charge is 0.231 e. The van der Waals surface area contributed by atoms with Crippen LogP contribution in [-0.2, 0) is 4.79 Å². The Morgan fingerprint density at radius 1 is 1.04 bits per heavy atom. The number of carbonyl (C=O) groups excluding carboxylic acids is 1. The zero-order chi connectivity index (χ0) is 18.8. The summed E-state index contributed by atoms with van der Waals surface area (Å²) >= 11 is 0. The molecule has 1 N–H and O–H groups in total. The van der Waals surface area contributed by atoms with Gasteiger partial charge in [-0.05, 0) is 82.9 Å². The molecule has 1 amide bonds. The number of piperidine rings is 2. The lowest BCUT2D eigenvalue weighted by atomic mass is 9.93. The highest BCUT2D eigenvalue weighted by atomic mass is 16.2. The fourth-order valence-corrected chi connectivity index (χ4v) is 4.90. The van der Waals surface area contributed by atoms with Crippen molar-refractivity contribution in [2.24, 2.45) is 11.8 Å². The quantitative estimate of drug-likeness (QED) is 0.869. The van der Waals surface area contributed by atoms with Crippen LogP contribution in [0.5, 0.6) is 0 Å². The first-order valence-corrected chi connectivity index (χ1v) is 10.6. The number of hydrogen-bond donors (Lipinski definition) is 1. The van der Waals surface area contributed by atoms with E-state index in [9.17, 15) is 4.79 Å². The average molecular weight is 368 g/mol. The number of carbonyl (C=O) groups is 1. The van der Waals surface area contributed by atoms with Crippen molar-refractivity contribution >= 4 is 11.5 Å². The van der Waals surface area contributed by atoms with Gasteiger partial charge in [0, 0.05) is 12.6 Å². The van der Waals surface area contributed by atoms with E-state index in [-0.39, 0.29) is 11.8 Å². The van der Waals surface area contributed by atoms with Crippen LogP contribution in [0.1, 0.15) is 38.2 Å². The molecule has 0 saturated carbocycles. The molecule has 4 rings (SSSR count). The molecule has 146 valence electrons. The molecule has 0 radical (unpaired) electrons. The largest absolute Gasteiger partial charge is 0.355 e. The molecule has 2 saturated heterocycles. The maximum atomic E-state index is 12.6. The lowest BCUT2D eigenvalue weighted by molar-refractivity contribution is -0.121. The molecule has 4 heteroatoms. The van der Waals surface area contributed by atoms with Crippen molar-refractivity contribution in [1.29, 1.82) is 0 Å². The second kappa shape index (κ2) is 8.15. The second-order valence-corrected chi connectivity index (χ2v) is 8.65. The van der Waals surface area contributed by atoms with Crippen LogP contribution in [0.25, 0.3) is 5.57 Å². The molecule has 1 aliphatic carbocycles. The topological polar surface area (TPSA) is 35.6 Å². The first kappa shape index (κ1) is 18.7. The monoisotopic (exact) mass is 367 g/mol. The van der Waals surface area contributed by atoms with Gasteiger partial charge in [0.25, 0.3) is 0 Å². The number of amides is 1. The van der Waals surface area contributed by atoms with Crippen molar-refractivity contribution in [3.8, 4) is 0 Å². The van der Waals surface area contributed by atoms with Gasteiger partial charge in [-0.1, -0.05) is 35.9 Å². The van der Waals surface area contributed by atoms with Crippen LogP contribution in [0.4, 0.5) is 0 Å². The summed E-state index contributed by atoms with van der Waals surface area (Å²) in [6, 6.07) is 11.1. The van der Waals surface area contributed by atoms with Crippen molar-refractivity contribution in [1.82, 2.24) is 15.1 Å². The predicted molar refractivity (Wildman–Crippen MR) is 110 cm³/mol. The van der Waals surface area contributed by atoms with Gasteiger partial charge in [0.1, 0.15) is 0 Å². The van der Waals surface area contributed by atoms with Gasteiger partial charge in [0.2, 0.25) is 5.91 Å². The number of benzene rings is 1. The standard InChI is InChI=1S/C23H33N3O/c1-17-21(19-6-4-3-5-7-19)22(17)23(27)24-16-18-8-14-26(15-9-18)20-10-12-25(2)13-11-20/h3-7,18,20,22H,8-16H2,1-2H3,(H,24,27)/t22-/m0/s1. The van der Waals surface area contributed by atoms with E-state index in [0.717, 1.165) is 12.6 Å². The third-order valence-corrected chi connectivity index (χ3v) is 6.83. The molecule has 0 unspecified atom stereocenters. The highest BCUT2D eigenvalue weighted by Crippen LogP contribution is 2.46. The number of nitrogens with one attached hydrogen (secondary N) is 1. The van der Waals surface area contributed by atoms with E-state index in [4.69, 9.17) is 0 Å². The third-order valence-electron chi connectivity index (χ3n) is 6.83. The van der Waals surface area contributed by atoms with Gasteiger partial charge in [-0.25, -0.2) is 0 Å². The minimum atomic E-state index is 0.00622. The summed E-state index contributed by atoms with van der Waals surface area (Å²) in [4.78, 5) is 17.8. The Hall–Kier alpha value is -1.65. The predicted octanol–water partition coefficient (Wildman–Crippen LogP) is 3.01. The van der Waals surface area contributed by atoms with E-state index in [1.165, 1.54) is 68.6 Å². The van der Waals surface area contributed by atoms with Gasteiger partial charge in [0.15, 0.2) is 0 Å². The van der Waals surface area contributed by atoms with Gasteiger partial charge < -0.3 is 15.1 Å². The molecule has 0 bridgehead atoms. The van der Waals surface area contributed by atoms with Crippen LogP contribution in [0.2, 0.25) is 0 Å². The summed E-state index contributed by atoms with van der Waals surface area (Å²) in [6.07, 6.45) is 5.06.